The molecule has 0 N–H and O–H groups in total. The Labute approximate surface area is 148 Å². The van der Waals surface area contributed by atoms with E-state index in [0.29, 0.717) is 6.61 Å². The molecular formula is C19H25N5O. The van der Waals surface area contributed by atoms with Gasteiger partial charge in [0, 0.05) is 31.9 Å². The molecule has 2 aliphatic heterocycles. The molecule has 132 valence electrons. The van der Waals surface area contributed by atoms with Crippen LogP contribution >= 0.6 is 0 Å². The SMILES string of the molecule is Cc1nc(C2CN(c3ncccc3C)CCO2)cc(N2CCCC2)n1. The van der Waals surface area contributed by atoms with E-state index >= 15 is 0 Å². The van der Waals surface area contributed by atoms with Crippen molar-refractivity contribution in [2.24, 2.45) is 0 Å². The van der Waals surface area contributed by atoms with Gasteiger partial charge in [0.2, 0.25) is 0 Å². The molecule has 4 heterocycles. The fraction of sp³-hybridized carbons (Fsp3) is 0.526. The van der Waals surface area contributed by atoms with Gasteiger partial charge in [-0.25, -0.2) is 15.0 Å². The molecule has 1 atom stereocenters. The summed E-state index contributed by atoms with van der Waals surface area (Å²) in [7, 11) is 0. The molecule has 2 aromatic rings. The Morgan fingerprint density at radius 3 is 2.72 bits per heavy atom. The van der Waals surface area contributed by atoms with Crippen molar-refractivity contribution in [3.05, 3.63) is 41.5 Å². The normalized spacial score (nSPS) is 21.0. The summed E-state index contributed by atoms with van der Waals surface area (Å²) in [6.07, 6.45) is 4.29. The number of hydrogen-bond acceptors (Lipinski definition) is 6. The molecule has 2 aromatic heterocycles. The lowest BCUT2D eigenvalue weighted by atomic mass is 10.1. The quantitative estimate of drug-likeness (QED) is 0.857. The van der Waals surface area contributed by atoms with Gasteiger partial charge in [0.25, 0.3) is 0 Å². The Hall–Kier alpha value is -2.21. The minimum absolute atomic E-state index is 0.0433. The van der Waals surface area contributed by atoms with Gasteiger partial charge < -0.3 is 14.5 Å². The molecule has 0 aromatic carbocycles. The van der Waals surface area contributed by atoms with Crippen LogP contribution in [0.5, 0.6) is 0 Å². The molecular weight excluding hydrogens is 314 g/mol. The molecule has 0 saturated carbocycles. The average Bonchev–Trinajstić information content (AvgIpc) is 3.16. The highest BCUT2D eigenvalue weighted by Crippen LogP contribution is 2.28. The van der Waals surface area contributed by atoms with E-state index in [1.165, 1.54) is 18.4 Å². The van der Waals surface area contributed by atoms with E-state index in [-0.39, 0.29) is 6.10 Å². The van der Waals surface area contributed by atoms with Gasteiger partial charge >= 0.3 is 0 Å². The van der Waals surface area contributed by atoms with E-state index in [2.05, 4.69) is 43.8 Å². The fourth-order valence-corrected chi connectivity index (χ4v) is 3.68. The Balaban J connectivity index is 1.58. The van der Waals surface area contributed by atoms with Crippen LogP contribution in [0.25, 0.3) is 0 Å². The number of rotatable bonds is 3. The molecule has 6 heteroatoms. The van der Waals surface area contributed by atoms with Crippen molar-refractivity contribution in [1.82, 2.24) is 15.0 Å². The monoisotopic (exact) mass is 339 g/mol. The smallest absolute Gasteiger partial charge is 0.132 e. The Bertz CT molecular complexity index is 744. The van der Waals surface area contributed by atoms with Crippen molar-refractivity contribution in [2.75, 3.05) is 42.6 Å². The molecule has 0 spiro atoms. The highest BCUT2D eigenvalue weighted by molar-refractivity contribution is 5.47. The molecule has 4 rings (SSSR count). The lowest BCUT2D eigenvalue weighted by Crippen LogP contribution is -2.39. The molecule has 1 unspecified atom stereocenters. The third-order valence-electron chi connectivity index (χ3n) is 4.95. The van der Waals surface area contributed by atoms with Crippen LogP contribution in [0.4, 0.5) is 11.6 Å². The standard InChI is InChI=1S/C19H25N5O/c1-14-6-5-7-20-19(14)24-10-11-25-17(13-24)16-12-18(22-15(2)21-16)23-8-3-4-9-23/h5-7,12,17H,3-4,8-11,13H2,1-2H3. The summed E-state index contributed by atoms with van der Waals surface area (Å²) in [5.74, 6) is 2.89. The van der Waals surface area contributed by atoms with Crippen LogP contribution in [0, 0.1) is 13.8 Å². The number of nitrogens with zero attached hydrogens (tertiary/aromatic N) is 5. The van der Waals surface area contributed by atoms with Gasteiger partial charge in [0.1, 0.15) is 23.6 Å². The summed E-state index contributed by atoms with van der Waals surface area (Å²) in [6.45, 7) is 8.55. The second-order valence-corrected chi connectivity index (χ2v) is 6.84. The summed E-state index contributed by atoms with van der Waals surface area (Å²) in [4.78, 5) is 18.5. The number of ether oxygens (including phenoxy) is 1. The van der Waals surface area contributed by atoms with Gasteiger partial charge in [-0.1, -0.05) is 6.07 Å². The molecule has 0 bridgehead atoms. The van der Waals surface area contributed by atoms with E-state index in [4.69, 9.17) is 4.74 Å². The highest BCUT2D eigenvalue weighted by atomic mass is 16.5. The number of morpholine rings is 1. The summed E-state index contributed by atoms with van der Waals surface area (Å²) in [5, 5.41) is 0. The van der Waals surface area contributed by atoms with Crippen molar-refractivity contribution >= 4 is 11.6 Å². The third-order valence-corrected chi connectivity index (χ3v) is 4.95. The van der Waals surface area contributed by atoms with Gasteiger partial charge in [-0.15, -0.1) is 0 Å². The van der Waals surface area contributed by atoms with Crippen LogP contribution in [-0.4, -0.2) is 47.7 Å². The first-order valence-corrected chi connectivity index (χ1v) is 9.09. The second kappa shape index (κ2) is 6.96. The van der Waals surface area contributed by atoms with Crippen molar-refractivity contribution in [1.29, 1.82) is 0 Å². The van der Waals surface area contributed by atoms with Crippen LogP contribution in [0.3, 0.4) is 0 Å². The molecule has 2 fully saturated rings. The second-order valence-electron chi connectivity index (χ2n) is 6.84. The number of aromatic nitrogens is 3. The lowest BCUT2D eigenvalue weighted by molar-refractivity contribution is 0.0365. The molecule has 0 amide bonds. The minimum atomic E-state index is -0.0433. The zero-order valence-corrected chi connectivity index (χ0v) is 15.0. The van der Waals surface area contributed by atoms with E-state index in [0.717, 1.165) is 49.3 Å². The maximum Gasteiger partial charge on any atom is 0.132 e. The number of hydrogen-bond donors (Lipinski definition) is 0. The first-order valence-electron chi connectivity index (χ1n) is 9.09. The molecule has 0 aliphatic carbocycles. The summed E-state index contributed by atoms with van der Waals surface area (Å²) < 4.78 is 6.05. The number of pyridine rings is 1. The van der Waals surface area contributed by atoms with Gasteiger partial charge in [0.05, 0.1) is 18.8 Å². The van der Waals surface area contributed by atoms with Crippen LogP contribution in [0.2, 0.25) is 0 Å². The van der Waals surface area contributed by atoms with Crippen molar-refractivity contribution in [3.8, 4) is 0 Å². The number of anilines is 2. The maximum atomic E-state index is 6.05. The summed E-state index contributed by atoms with van der Waals surface area (Å²) in [6, 6.07) is 6.19. The first kappa shape index (κ1) is 16.3. The topological polar surface area (TPSA) is 54.4 Å². The minimum Gasteiger partial charge on any atom is -0.368 e. The maximum absolute atomic E-state index is 6.05. The first-order chi connectivity index (χ1) is 12.2. The fourth-order valence-electron chi connectivity index (χ4n) is 3.68. The van der Waals surface area contributed by atoms with E-state index < -0.39 is 0 Å². The predicted octanol–water partition coefficient (Wildman–Crippen LogP) is 2.67. The van der Waals surface area contributed by atoms with E-state index in [1.54, 1.807) is 0 Å². The van der Waals surface area contributed by atoms with Crippen LogP contribution < -0.4 is 9.80 Å². The Kier molecular flexibility index (Phi) is 4.53. The molecule has 2 saturated heterocycles. The van der Waals surface area contributed by atoms with Crippen molar-refractivity contribution < 1.29 is 4.74 Å². The van der Waals surface area contributed by atoms with Gasteiger partial charge in [-0.2, -0.15) is 0 Å². The molecule has 25 heavy (non-hydrogen) atoms. The highest BCUT2D eigenvalue weighted by Gasteiger charge is 2.26. The van der Waals surface area contributed by atoms with E-state index in [9.17, 15) is 0 Å². The van der Waals surface area contributed by atoms with Crippen molar-refractivity contribution in [3.63, 3.8) is 0 Å². The van der Waals surface area contributed by atoms with E-state index in [1.807, 2.05) is 19.2 Å². The largest absolute Gasteiger partial charge is 0.368 e. The van der Waals surface area contributed by atoms with Gasteiger partial charge in [-0.05, 0) is 38.3 Å². The van der Waals surface area contributed by atoms with Gasteiger partial charge in [-0.3, -0.25) is 0 Å². The zero-order chi connectivity index (χ0) is 17.2. The Morgan fingerprint density at radius 2 is 1.92 bits per heavy atom. The summed E-state index contributed by atoms with van der Waals surface area (Å²) in [5.41, 5.74) is 2.17. The average molecular weight is 339 g/mol. The predicted molar refractivity (Wildman–Crippen MR) is 98.1 cm³/mol. The molecule has 2 aliphatic rings. The van der Waals surface area contributed by atoms with Crippen LogP contribution in [-0.2, 0) is 4.74 Å². The molecule has 0 radical (unpaired) electrons. The van der Waals surface area contributed by atoms with Gasteiger partial charge in [0.15, 0.2) is 0 Å². The van der Waals surface area contributed by atoms with Crippen LogP contribution in [0.1, 0.15) is 36.0 Å². The zero-order valence-electron chi connectivity index (χ0n) is 15.0. The van der Waals surface area contributed by atoms with Crippen LogP contribution in [0.15, 0.2) is 24.4 Å². The summed E-state index contributed by atoms with van der Waals surface area (Å²) >= 11 is 0. The molecule has 6 nitrogen and oxygen atoms in total. The number of aryl methyl sites for hydroxylation is 2. The Morgan fingerprint density at radius 1 is 1.08 bits per heavy atom. The van der Waals surface area contributed by atoms with Crippen molar-refractivity contribution in [2.45, 2.75) is 32.8 Å². The third kappa shape index (κ3) is 3.44. The lowest BCUT2D eigenvalue weighted by Gasteiger charge is -2.34.